The SMILES string of the molecule is Nc1c(Br)c([C@H]2CC[C@H](C(=O)O)CC2)nc2c(-c3ccc(-c4csc(Cl)c4)nc3)cnn12. The number of hydrogen-bond acceptors (Lipinski definition) is 6. The van der Waals surface area contributed by atoms with E-state index in [-0.39, 0.29) is 11.8 Å². The van der Waals surface area contributed by atoms with Crippen LogP contribution in [0.4, 0.5) is 5.82 Å². The Morgan fingerprint density at radius 3 is 2.62 bits per heavy atom. The Labute approximate surface area is 201 Å². The standard InChI is InChI=1S/C22H19BrClN5O2S/c23-18-19(11-1-3-12(4-2-11)22(30)31)28-21-15(9-27-29(21)20(18)25)13-5-6-16(26-8-13)14-7-17(24)32-10-14/h5-12H,1-4,25H2,(H,30,31)/t11-,12-. The smallest absolute Gasteiger partial charge is 0.306 e. The van der Waals surface area contributed by atoms with E-state index in [2.05, 4.69) is 26.0 Å². The Morgan fingerprint density at radius 2 is 2.00 bits per heavy atom. The van der Waals surface area contributed by atoms with Crippen LogP contribution in [0.1, 0.15) is 37.3 Å². The Hall–Kier alpha value is -2.49. The second-order valence-electron chi connectivity index (χ2n) is 7.95. The predicted octanol–water partition coefficient (Wildman–Crippen LogP) is 5.88. The van der Waals surface area contributed by atoms with Crippen molar-refractivity contribution in [1.82, 2.24) is 19.6 Å². The lowest BCUT2D eigenvalue weighted by molar-refractivity contribution is -0.142. The van der Waals surface area contributed by atoms with Gasteiger partial charge >= 0.3 is 5.97 Å². The summed E-state index contributed by atoms with van der Waals surface area (Å²) >= 11 is 11.1. The number of rotatable bonds is 4. The molecule has 1 fully saturated rings. The first-order chi connectivity index (χ1) is 15.4. The molecular weight excluding hydrogens is 514 g/mol. The Morgan fingerprint density at radius 1 is 1.22 bits per heavy atom. The van der Waals surface area contributed by atoms with Crippen LogP contribution in [-0.2, 0) is 4.79 Å². The summed E-state index contributed by atoms with van der Waals surface area (Å²) in [6, 6.07) is 5.84. The molecule has 0 saturated heterocycles. The molecule has 10 heteroatoms. The highest BCUT2D eigenvalue weighted by Crippen LogP contribution is 2.40. The van der Waals surface area contributed by atoms with Crippen molar-refractivity contribution in [2.24, 2.45) is 5.92 Å². The summed E-state index contributed by atoms with van der Waals surface area (Å²) in [4.78, 5) is 20.8. The summed E-state index contributed by atoms with van der Waals surface area (Å²) in [7, 11) is 0. The molecule has 0 bridgehead atoms. The molecule has 0 aliphatic heterocycles. The van der Waals surface area contributed by atoms with E-state index in [4.69, 9.17) is 22.3 Å². The zero-order valence-corrected chi connectivity index (χ0v) is 20.0. The zero-order valence-electron chi connectivity index (χ0n) is 16.8. The number of fused-ring (bicyclic) bond motifs is 1. The minimum Gasteiger partial charge on any atom is -0.481 e. The lowest BCUT2D eigenvalue weighted by Crippen LogP contribution is -2.21. The quantitative estimate of drug-likeness (QED) is 0.340. The van der Waals surface area contributed by atoms with Crippen molar-refractivity contribution in [3.63, 3.8) is 0 Å². The van der Waals surface area contributed by atoms with Gasteiger partial charge in [-0.2, -0.15) is 9.61 Å². The van der Waals surface area contributed by atoms with E-state index in [1.807, 2.05) is 23.6 Å². The van der Waals surface area contributed by atoms with Crippen molar-refractivity contribution in [3.05, 3.63) is 50.5 Å². The van der Waals surface area contributed by atoms with Crippen LogP contribution in [0.25, 0.3) is 28.0 Å². The van der Waals surface area contributed by atoms with Gasteiger partial charge in [-0.25, -0.2) is 4.98 Å². The summed E-state index contributed by atoms with van der Waals surface area (Å²) in [6.07, 6.45) is 6.36. The van der Waals surface area contributed by atoms with Gasteiger partial charge in [0.2, 0.25) is 0 Å². The van der Waals surface area contributed by atoms with Gasteiger partial charge in [-0.15, -0.1) is 11.3 Å². The number of carboxylic acid groups (broad SMARTS) is 1. The first-order valence-corrected chi connectivity index (χ1v) is 12.2. The number of hydrogen-bond donors (Lipinski definition) is 2. The first-order valence-electron chi connectivity index (χ1n) is 10.2. The first kappa shape index (κ1) is 21.4. The van der Waals surface area contributed by atoms with Crippen LogP contribution in [0.2, 0.25) is 4.34 Å². The molecule has 1 saturated carbocycles. The van der Waals surface area contributed by atoms with Crippen molar-refractivity contribution < 1.29 is 9.90 Å². The average Bonchev–Trinajstić information content (AvgIpc) is 3.43. The van der Waals surface area contributed by atoms with Gasteiger partial charge in [0.15, 0.2) is 5.65 Å². The van der Waals surface area contributed by atoms with Crippen LogP contribution < -0.4 is 5.73 Å². The molecule has 4 aromatic heterocycles. The van der Waals surface area contributed by atoms with Gasteiger partial charge < -0.3 is 10.8 Å². The van der Waals surface area contributed by atoms with Crippen LogP contribution in [-0.4, -0.2) is 30.7 Å². The van der Waals surface area contributed by atoms with Gasteiger partial charge in [0.25, 0.3) is 0 Å². The highest BCUT2D eigenvalue weighted by Gasteiger charge is 2.30. The van der Waals surface area contributed by atoms with Gasteiger partial charge in [0.05, 0.1) is 32.3 Å². The Bertz CT molecular complexity index is 1310. The highest BCUT2D eigenvalue weighted by atomic mass is 79.9. The molecule has 32 heavy (non-hydrogen) atoms. The van der Waals surface area contributed by atoms with Crippen molar-refractivity contribution in [1.29, 1.82) is 0 Å². The lowest BCUT2D eigenvalue weighted by Gasteiger charge is -2.26. The Kier molecular flexibility index (Phi) is 5.65. The molecule has 0 atom stereocenters. The fourth-order valence-corrected chi connectivity index (χ4v) is 5.72. The number of nitrogens with two attached hydrogens (primary N) is 1. The molecular formula is C22H19BrClN5O2S. The molecule has 0 aromatic carbocycles. The number of aliphatic carboxylic acids is 1. The van der Waals surface area contributed by atoms with Crippen molar-refractivity contribution in [3.8, 4) is 22.4 Å². The van der Waals surface area contributed by atoms with E-state index in [9.17, 15) is 9.90 Å². The van der Waals surface area contributed by atoms with E-state index in [0.29, 0.717) is 24.3 Å². The summed E-state index contributed by atoms with van der Waals surface area (Å²) in [5.41, 5.74) is 11.5. The normalized spacial score (nSPS) is 18.8. The second-order valence-corrected chi connectivity index (χ2v) is 10.3. The lowest BCUT2D eigenvalue weighted by atomic mass is 9.80. The van der Waals surface area contributed by atoms with E-state index in [0.717, 1.165) is 49.7 Å². The molecule has 164 valence electrons. The fraction of sp³-hybridized carbons (Fsp3) is 0.273. The Balaban J connectivity index is 1.51. The maximum absolute atomic E-state index is 11.3. The molecule has 5 rings (SSSR count). The molecule has 4 heterocycles. The number of pyridine rings is 1. The number of carbonyl (C=O) groups is 1. The predicted molar refractivity (Wildman–Crippen MR) is 129 cm³/mol. The molecule has 7 nitrogen and oxygen atoms in total. The molecule has 0 radical (unpaired) electrons. The van der Waals surface area contributed by atoms with Crippen LogP contribution in [0.3, 0.4) is 0 Å². The highest BCUT2D eigenvalue weighted by molar-refractivity contribution is 9.10. The van der Waals surface area contributed by atoms with Gasteiger partial charge in [-0.1, -0.05) is 17.7 Å². The van der Waals surface area contributed by atoms with E-state index >= 15 is 0 Å². The fourth-order valence-electron chi connectivity index (χ4n) is 4.27. The van der Waals surface area contributed by atoms with Crippen LogP contribution in [0.15, 0.2) is 40.4 Å². The summed E-state index contributed by atoms with van der Waals surface area (Å²) in [6.45, 7) is 0. The molecule has 0 spiro atoms. The third-order valence-electron chi connectivity index (χ3n) is 6.05. The van der Waals surface area contributed by atoms with Gasteiger partial charge in [0.1, 0.15) is 5.82 Å². The molecule has 0 unspecified atom stereocenters. The number of anilines is 1. The van der Waals surface area contributed by atoms with Crippen LogP contribution in [0, 0.1) is 5.92 Å². The average molecular weight is 533 g/mol. The molecule has 1 aliphatic carbocycles. The minimum absolute atomic E-state index is 0.152. The van der Waals surface area contributed by atoms with Gasteiger partial charge in [-0.05, 0) is 53.7 Å². The van der Waals surface area contributed by atoms with Crippen LogP contribution >= 0.6 is 38.9 Å². The number of halogens is 2. The summed E-state index contributed by atoms with van der Waals surface area (Å²) in [5.74, 6) is -0.364. The molecule has 4 aromatic rings. The number of nitrogen functional groups attached to an aromatic ring is 1. The molecule has 1 aliphatic rings. The number of nitrogens with zero attached hydrogens (tertiary/aromatic N) is 4. The monoisotopic (exact) mass is 531 g/mol. The van der Waals surface area contributed by atoms with Crippen molar-refractivity contribution >= 4 is 56.3 Å². The second kappa shape index (κ2) is 8.46. The van der Waals surface area contributed by atoms with Gasteiger partial charge in [0, 0.05) is 34.2 Å². The van der Waals surface area contributed by atoms with Crippen molar-refractivity contribution in [2.75, 3.05) is 5.73 Å². The maximum atomic E-state index is 11.3. The van der Waals surface area contributed by atoms with Gasteiger partial charge in [-0.3, -0.25) is 9.78 Å². The largest absolute Gasteiger partial charge is 0.481 e. The van der Waals surface area contributed by atoms with Crippen molar-refractivity contribution in [2.45, 2.75) is 31.6 Å². The topological polar surface area (TPSA) is 106 Å². The van der Waals surface area contributed by atoms with Crippen LogP contribution in [0.5, 0.6) is 0 Å². The summed E-state index contributed by atoms with van der Waals surface area (Å²) < 4.78 is 3.07. The molecule has 3 N–H and O–H groups in total. The van der Waals surface area contributed by atoms with E-state index < -0.39 is 5.97 Å². The van der Waals surface area contributed by atoms with E-state index in [1.165, 1.54) is 11.3 Å². The third kappa shape index (κ3) is 3.78. The number of carboxylic acids is 1. The molecule has 0 amide bonds. The number of aromatic nitrogens is 4. The zero-order chi connectivity index (χ0) is 22.4. The maximum Gasteiger partial charge on any atom is 0.306 e. The van der Waals surface area contributed by atoms with E-state index in [1.54, 1.807) is 16.9 Å². The minimum atomic E-state index is -0.718. The third-order valence-corrected chi connectivity index (χ3v) is 7.95. The number of thiophene rings is 1. The summed E-state index contributed by atoms with van der Waals surface area (Å²) in [5, 5.41) is 15.7.